The average molecular weight is 237 g/mol. The molecule has 0 amide bonds. The number of hydrogen-bond acceptors (Lipinski definition) is 2. The lowest BCUT2D eigenvalue weighted by Crippen LogP contribution is -2.46. The van der Waals surface area contributed by atoms with Crippen molar-refractivity contribution in [2.24, 2.45) is 0 Å². The van der Waals surface area contributed by atoms with Gasteiger partial charge in [-0.05, 0) is 39.0 Å². The number of rotatable bonds is 3. The minimum atomic E-state index is -1.44. The zero-order chi connectivity index (χ0) is 10.1. The average Bonchev–Trinajstić information content (AvgIpc) is 2.29. The van der Waals surface area contributed by atoms with Gasteiger partial charge in [0.2, 0.25) is 0 Å². The Balaban J connectivity index is 2.53. The predicted octanol–water partition coefficient (Wildman–Crippen LogP) is 1.99. The molecule has 1 rings (SSSR count). The second kappa shape index (κ2) is 4.24. The van der Waals surface area contributed by atoms with E-state index in [2.05, 4.69) is 43.4 Å². The Kier molecular flexibility index (Phi) is 3.94. The summed E-state index contributed by atoms with van der Waals surface area (Å²) in [5, 5.41) is 3.32. The number of hydrogen-bond donors (Lipinski definition) is 1. The minimum absolute atomic E-state index is 0.152. The third-order valence-electron chi connectivity index (χ3n) is 2.09. The van der Waals surface area contributed by atoms with Gasteiger partial charge in [0, 0.05) is 6.04 Å². The lowest BCUT2D eigenvalue weighted by Gasteiger charge is -2.37. The molecule has 1 aliphatic heterocycles. The van der Waals surface area contributed by atoms with Crippen molar-refractivity contribution in [3.05, 3.63) is 0 Å². The summed E-state index contributed by atoms with van der Waals surface area (Å²) in [5.74, 6) is 0. The van der Waals surface area contributed by atoms with Crippen molar-refractivity contribution in [3.63, 3.8) is 0 Å². The fraction of sp³-hybridized carbons (Fsp3) is 1.00. The van der Waals surface area contributed by atoms with E-state index in [-0.39, 0.29) is 5.08 Å². The maximum absolute atomic E-state index is 6.11. The molecular weight excluding hydrogens is 216 g/mol. The van der Waals surface area contributed by atoms with Crippen LogP contribution in [-0.2, 0) is 4.43 Å². The van der Waals surface area contributed by atoms with Gasteiger partial charge in [-0.25, -0.2) is 0 Å². The molecule has 1 saturated heterocycles. The largest absolute Gasteiger partial charge is 0.404 e. The Hall–Kier alpha value is 0.997. The van der Waals surface area contributed by atoms with Crippen LogP contribution in [0.5, 0.6) is 0 Å². The fourth-order valence-electron chi connectivity index (χ4n) is 1.67. The summed E-state index contributed by atoms with van der Waals surface area (Å²) in [4.78, 5) is 0. The van der Waals surface area contributed by atoms with Gasteiger partial charge in [0.15, 0.2) is 8.32 Å². The molecule has 1 N–H and O–H groups in total. The molecule has 3 atom stereocenters. The van der Waals surface area contributed by atoms with E-state index < -0.39 is 8.32 Å². The first-order chi connectivity index (χ1) is 5.81. The van der Waals surface area contributed by atoms with Crippen molar-refractivity contribution < 1.29 is 4.43 Å². The highest BCUT2D eigenvalue weighted by Gasteiger charge is 2.36. The third kappa shape index (κ3) is 3.93. The van der Waals surface area contributed by atoms with Crippen LogP contribution in [0, 0.1) is 0 Å². The Bertz CT molecular complexity index is 175. The van der Waals surface area contributed by atoms with E-state index in [4.69, 9.17) is 4.43 Å². The van der Waals surface area contributed by atoms with Crippen LogP contribution in [0.15, 0.2) is 0 Å². The van der Waals surface area contributed by atoms with Crippen molar-refractivity contribution in [1.29, 1.82) is 0 Å². The topological polar surface area (TPSA) is 21.3 Å². The molecule has 78 valence electrons. The van der Waals surface area contributed by atoms with Gasteiger partial charge in [0.1, 0.15) is 0 Å². The monoisotopic (exact) mass is 237 g/mol. The Morgan fingerprint density at radius 2 is 2.00 bits per heavy atom. The molecular formula is C8H21NOP2Si. The molecule has 0 spiro atoms. The van der Waals surface area contributed by atoms with Crippen LogP contribution in [0.25, 0.3) is 0 Å². The first kappa shape index (κ1) is 12.1. The first-order valence-corrected chi connectivity index (χ1v) is 9.39. The molecule has 0 aromatic heterocycles. The summed E-state index contributed by atoms with van der Waals surface area (Å²) in [6.45, 7) is 7.81. The Labute approximate surface area is 87.1 Å². The summed E-state index contributed by atoms with van der Waals surface area (Å²) in [6.07, 6.45) is 2.49. The van der Waals surface area contributed by atoms with E-state index in [1.807, 2.05) is 0 Å². The highest BCUT2D eigenvalue weighted by Crippen LogP contribution is 2.38. The normalized spacial score (nSPS) is 25.2. The van der Waals surface area contributed by atoms with Gasteiger partial charge in [-0.2, -0.15) is 0 Å². The van der Waals surface area contributed by atoms with Crippen LogP contribution in [0.3, 0.4) is 0 Å². The standard InChI is InChI=1S/C8H21NOP2Si/c1-13(2,3)10-8(11,12)7-5-4-6-9-7/h7,9H,4-6,11-12H2,1-3H3/t7-/m0/s1. The summed E-state index contributed by atoms with van der Waals surface area (Å²) in [5.41, 5.74) is 0. The quantitative estimate of drug-likeness (QED) is 0.599. The van der Waals surface area contributed by atoms with E-state index in [1.54, 1.807) is 0 Å². The second-order valence-corrected chi connectivity index (χ2v) is 11.6. The van der Waals surface area contributed by atoms with E-state index in [0.29, 0.717) is 6.04 Å². The summed E-state index contributed by atoms with van der Waals surface area (Å²) < 4.78 is 6.11. The summed E-state index contributed by atoms with van der Waals surface area (Å²) in [7, 11) is 4.23. The maximum atomic E-state index is 6.11. The summed E-state index contributed by atoms with van der Waals surface area (Å²) >= 11 is 0. The molecule has 0 aromatic rings. The third-order valence-corrected chi connectivity index (χ3v) is 4.57. The van der Waals surface area contributed by atoms with Crippen molar-refractivity contribution in [2.75, 3.05) is 6.54 Å². The van der Waals surface area contributed by atoms with Crippen LogP contribution in [0.2, 0.25) is 19.6 Å². The van der Waals surface area contributed by atoms with Crippen LogP contribution in [0.1, 0.15) is 12.8 Å². The van der Waals surface area contributed by atoms with E-state index in [0.717, 1.165) is 6.54 Å². The molecule has 2 unspecified atom stereocenters. The van der Waals surface area contributed by atoms with E-state index in [9.17, 15) is 0 Å². The van der Waals surface area contributed by atoms with Crippen LogP contribution < -0.4 is 5.32 Å². The number of nitrogens with one attached hydrogen (secondary N) is 1. The van der Waals surface area contributed by atoms with Gasteiger partial charge in [-0.1, -0.05) is 18.5 Å². The van der Waals surface area contributed by atoms with Gasteiger partial charge in [-0.15, -0.1) is 0 Å². The van der Waals surface area contributed by atoms with Crippen molar-refractivity contribution in [3.8, 4) is 0 Å². The highest BCUT2D eigenvalue weighted by molar-refractivity contribution is 7.39. The molecule has 5 heteroatoms. The molecule has 1 fully saturated rings. The van der Waals surface area contributed by atoms with Gasteiger partial charge >= 0.3 is 0 Å². The van der Waals surface area contributed by atoms with E-state index in [1.165, 1.54) is 12.8 Å². The second-order valence-electron chi connectivity index (χ2n) is 4.72. The molecule has 2 nitrogen and oxygen atoms in total. The zero-order valence-corrected chi connectivity index (χ0v) is 12.1. The van der Waals surface area contributed by atoms with Crippen molar-refractivity contribution >= 4 is 26.8 Å². The van der Waals surface area contributed by atoms with Gasteiger partial charge in [0.05, 0.1) is 5.08 Å². The highest BCUT2D eigenvalue weighted by atomic mass is 31.1. The molecule has 1 heterocycles. The molecule has 1 aliphatic rings. The summed E-state index contributed by atoms with van der Waals surface area (Å²) in [6, 6.07) is 0.481. The SMILES string of the molecule is C[Si](C)(C)OC(P)(P)[C@@H]1CCCN1. The fourth-order valence-corrected chi connectivity index (χ4v) is 5.56. The van der Waals surface area contributed by atoms with Crippen molar-refractivity contribution in [1.82, 2.24) is 5.32 Å². The first-order valence-electron chi connectivity index (χ1n) is 4.82. The van der Waals surface area contributed by atoms with Gasteiger partial charge in [-0.3, -0.25) is 0 Å². The van der Waals surface area contributed by atoms with Crippen LogP contribution in [0.4, 0.5) is 0 Å². The lowest BCUT2D eigenvalue weighted by atomic mass is 10.2. The molecule has 0 bridgehead atoms. The maximum Gasteiger partial charge on any atom is 0.185 e. The Morgan fingerprint density at radius 3 is 2.38 bits per heavy atom. The molecule has 0 aliphatic carbocycles. The van der Waals surface area contributed by atoms with E-state index >= 15 is 0 Å². The van der Waals surface area contributed by atoms with Crippen molar-refractivity contribution in [2.45, 2.75) is 43.6 Å². The smallest absolute Gasteiger partial charge is 0.185 e. The van der Waals surface area contributed by atoms with Gasteiger partial charge < -0.3 is 9.74 Å². The minimum Gasteiger partial charge on any atom is -0.404 e. The molecule has 13 heavy (non-hydrogen) atoms. The molecule has 0 saturated carbocycles. The lowest BCUT2D eigenvalue weighted by molar-refractivity contribution is 0.204. The predicted molar refractivity (Wildman–Crippen MR) is 67.6 cm³/mol. The Morgan fingerprint density at radius 1 is 1.38 bits per heavy atom. The zero-order valence-electron chi connectivity index (χ0n) is 8.76. The van der Waals surface area contributed by atoms with Crippen LogP contribution >= 0.6 is 18.5 Å². The van der Waals surface area contributed by atoms with Crippen LogP contribution in [-0.4, -0.2) is 26.0 Å². The molecule has 0 aromatic carbocycles. The molecule has 0 radical (unpaired) electrons. The van der Waals surface area contributed by atoms with Gasteiger partial charge in [0.25, 0.3) is 0 Å².